The summed E-state index contributed by atoms with van der Waals surface area (Å²) in [5.41, 5.74) is 2.15. The maximum absolute atomic E-state index is 9.82. The van der Waals surface area contributed by atoms with E-state index in [0.717, 1.165) is 22.3 Å². The van der Waals surface area contributed by atoms with E-state index in [4.69, 9.17) is 0 Å². The lowest BCUT2D eigenvalue weighted by Gasteiger charge is -2.21. The Bertz CT molecular complexity index is 388. The van der Waals surface area contributed by atoms with Crippen LogP contribution in [0.5, 0.6) is 0 Å². The second-order valence-corrected chi connectivity index (χ2v) is 6.48. The zero-order valence-electron chi connectivity index (χ0n) is 11.4. The number of pyridine rings is 1. The number of nitrogens with zero attached hydrogens (tertiary/aromatic N) is 1. The molecule has 1 aliphatic carbocycles. The van der Waals surface area contributed by atoms with Crippen LogP contribution in [0.25, 0.3) is 0 Å². The molecular weight excluding hydrogens is 242 g/mol. The quantitative estimate of drug-likeness (QED) is 0.883. The third-order valence-corrected chi connectivity index (χ3v) is 5.11. The van der Waals surface area contributed by atoms with E-state index in [-0.39, 0.29) is 6.10 Å². The molecule has 3 heteroatoms. The lowest BCUT2D eigenvalue weighted by atomic mass is 10.0. The number of hydrogen-bond donors (Lipinski definition) is 1. The molecule has 1 aromatic rings. The van der Waals surface area contributed by atoms with Gasteiger partial charge in [0, 0.05) is 11.4 Å². The fraction of sp³-hybridized carbons (Fsp3) is 0.667. The summed E-state index contributed by atoms with van der Waals surface area (Å²) in [6.07, 6.45) is 8.99. The largest absolute Gasteiger partial charge is 0.388 e. The van der Waals surface area contributed by atoms with Gasteiger partial charge in [-0.2, -0.15) is 0 Å². The highest BCUT2D eigenvalue weighted by Gasteiger charge is 2.17. The predicted octanol–water partition coefficient (Wildman–Crippen LogP) is 4.26. The molecule has 100 valence electrons. The van der Waals surface area contributed by atoms with Gasteiger partial charge in [-0.15, -0.1) is 11.8 Å². The Labute approximate surface area is 114 Å². The normalized spacial score (nSPS) is 18.8. The molecule has 2 rings (SSSR count). The van der Waals surface area contributed by atoms with Crippen LogP contribution in [0.1, 0.15) is 62.7 Å². The van der Waals surface area contributed by atoms with Crippen LogP contribution in [0.2, 0.25) is 0 Å². The maximum atomic E-state index is 9.82. The second-order valence-electron chi connectivity index (χ2n) is 5.19. The minimum atomic E-state index is -0.370. The smallest absolute Gasteiger partial charge is 0.0991 e. The Morgan fingerprint density at radius 2 is 2.11 bits per heavy atom. The van der Waals surface area contributed by atoms with Crippen LogP contribution >= 0.6 is 11.8 Å². The molecule has 0 aromatic carbocycles. The molecule has 0 aliphatic heterocycles. The summed E-state index contributed by atoms with van der Waals surface area (Å²) >= 11 is 1.93. The summed E-state index contributed by atoms with van der Waals surface area (Å²) in [5.74, 6) is 0. The fourth-order valence-corrected chi connectivity index (χ4v) is 3.71. The number of aliphatic hydroxyl groups excluding tert-OH is 1. The van der Waals surface area contributed by atoms with Crippen molar-refractivity contribution in [2.75, 3.05) is 0 Å². The van der Waals surface area contributed by atoms with E-state index in [1.54, 1.807) is 0 Å². The summed E-state index contributed by atoms with van der Waals surface area (Å²) in [4.78, 5) is 4.54. The van der Waals surface area contributed by atoms with Gasteiger partial charge < -0.3 is 5.11 Å². The number of thioether (sulfide) groups is 1. The van der Waals surface area contributed by atoms with Gasteiger partial charge >= 0.3 is 0 Å². The monoisotopic (exact) mass is 265 g/mol. The SMILES string of the molecule is CCC(O)c1cnc(SC2CCCCC2)c(C)c1. The molecule has 1 aromatic heterocycles. The van der Waals surface area contributed by atoms with Gasteiger partial charge in [-0.3, -0.25) is 0 Å². The summed E-state index contributed by atoms with van der Waals surface area (Å²) in [5, 5.41) is 11.7. The molecule has 0 bridgehead atoms. The first kappa shape index (κ1) is 13.9. The van der Waals surface area contributed by atoms with Gasteiger partial charge in [0.25, 0.3) is 0 Å². The van der Waals surface area contributed by atoms with E-state index >= 15 is 0 Å². The predicted molar refractivity (Wildman–Crippen MR) is 77.0 cm³/mol. The third kappa shape index (κ3) is 3.48. The molecule has 2 nitrogen and oxygen atoms in total. The molecule has 1 N–H and O–H groups in total. The summed E-state index contributed by atoms with van der Waals surface area (Å²) in [7, 11) is 0. The van der Waals surface area contributed by atoms with Crippen LogP contribution in [0.4, 0.5) is 0 Å². The number of hydrogen-bond acceptors (Lipinski definition) is 3. The van der Waals surface area contributed by atoms with E-state index in [0.29, 0.717) is 0 Å². The lowest BCUT2D eigenvalue weighted by molar-refractivity contribution is 0.173. The summed E-state index contributed by atoms with van der Waals surface area (Å²) in [6, 6.07) is 2.09. The van der Waals surface area contributed by atoms with Gasteiger partial charge in [0.05, 0.1) is 11.1 Å². The van der Waals surface area contributed by atoms with Crippen LogP contribution in [-0.4, -0.2) is 15.3 Å². The van der Waals surface area contributed by atoms with Crippen molar-refractivity contribution in [3.63, 3.8) is 0 Å². The lowest BCUT2D eigenvalue weighted by Crippen LogP contribution is -2.08. The van der Waals surface area contributed by atoms with Crippen molar-refractivity contribution >= 4 is 11.8 Å². The number of rotatable bonds is 4. The molecule has 0 spiro atoms. The molecule has 1 fully saturated rings. The standard InChI is InChI=1S/C15H23NOS/c1-3-14(17)12-9-11(2)15(16-10-12)18-13-7-5-4-6-8-13/h9-10,13-14,17H,3-8H2,1-2H3. The fourth-order valence-electron chi connectivity index (χ4n) is 2.47. The molecule has 1 atom stereocenters. The Morgan fingerprint density at radius 1 is 1.39 bits per heavy atom. The molecule has 0 amide bonds. The van der Waals surface area contributed by atoms with Gasteiger partial charge in [0.2, 0.25) is 0 Å². The van der Waals surface area contributed by atoms with Crippen LogP contribution in [0, 0.1) is 6.92 Å². The Hall–Kier alpha value is -0.540. The summed E-state index contributed by atoms with van der Waals surface area (Å²) < 4.78 is 0. The average Bonchev–Trinajstić information content (AvgIpc) is 2.41. The van der Waals surface area contributed by atoms with Crippen molar-refractivity contribution in [3.8, 4) is 0 Å². The molecular formula is C15H23NOS. The first-order chi connectivity index (χ1) is 8.70. The van der Waals surface area contributed by atoms with Gasteiger partial charge in [-0.25, -0.2) is 4.98 Å². The molecule has 1 aliphatic rings. The molecule has 1 heterocycles. The molecule has 1 saturated carbocycles. The first-order valence-electron chi connectivity index (χ1n) is 7.02. The topological polar surface area (TPSA) is 33.1 Å². The van der Waals surface area contributed by atoms with Crippen LogP contribution in [0.15, 0.2) is 17.3 Å². The zero-order valence-corrected chi connectivity index (χ0v) is 12.2. The Balaban J connectivity index is 2.04. The van der Waals surface area contributed by atoms with E-state index in [1.165, 1.54) is 37.7 Å². The van der Waals surface area contributed by atoms with Crippen molar-refractivity contribution in [2.24, 2.45) is 0 Å². The van der Waals surface area contributed by atoms with Crippen molar-refractivity contribution in [1.82, 2.24) is 4.98 Å². The van der Waals surface area contributed by atoms with Crippen molar-refractivity contribution in [3.05, 3.63) is 23.4 Å². The van der Waals surface area contributed by atoms with Crippen molar-refractivity contribution in [1.29, 1.82) is 0 Å². The Morgan fingerprint density at radius 3 is 2.72 bits per heavy atom. The highest BCUT2D eigenvalue weighted by atomic mass is 32.2. The van der Waals surface area contributed by atoms with E-state index in [9.17, 15) is 5.11 Å². The van der Waals surface area contributed by atoms with E-state index in [1.807, 2.05) is 24.9 Å². The van der Waals surface area contributed by atoms with Crippen molar-refractivity contribution in [2.45, 2.75) is 68.8 Å². The average molecular weight is 265 g/mol. The molecule has 1 unspecified atom stereocenters. The van der Waals surface area contributed by atoms with Crippen LogP contribution in [0.3, 0.4) is 0 Å². The number of aryl methyl sites for hydroxylation is 1. The van der Waals surface area contributed by atoms with Gasteiger partial charge in [0.1, 0.15) is 0 Å². The van der Waals surface area contributed by atoms with Gasteiger partial charge in [-0.05, 0) is 43.4 Å². The zero-order chi connectivity index (χ0) is 13.0. The van der Waals surface area contributed by atoms with Crippen LogP contribution < -0.4 is 0 Å². The number of aliphatic hydroxyl groups is 1. The minimum Gasteiger partial charge on any atom is -0.388 e. The minimum absolute atomic E-state index is 0.370. The third-order valence-electron chi connectivity index (χ3n) is 3.65. The van der Waals surface area contributed by atoms with Crippen molar-refractivity contribution < 1.29 is 5.11 Å². The first-order valence-corrected chi connectivity index (χ1v) is 7.90. The van der Waals surface area contributed by atoms with E-state index in [2.05, 4.69) is 18.0 Å². The maximum Gasteiger partial charge on any atom is 0.0991 e. The number of aromatic nitrogens is 1. The molecule has 0 radical (unpaired) electrons. The van der Waals surface area contributed by atoms with Gasteiger partial charge in [-0.1, -0.05) is 26.2 Å². The van der Waals surface area contributed by atoms with Gasteiger partial charge in [0.15, 0.2) is 0 Å². The highest BCUT2D eigenvalue weighted by molar-refractivity contribution is 7.99. The van der Waals surface area contributed by atoms with E-state index < -0.39 is 0 Å². The molecule has 0 saturated heterocycles. The van der Waals surface area contributed by atoms with Crippen LogP contribution in [-0.2, 0) is 0 Å². The second kappa shape index (κ2) is 6.58. The highest BCUT2D eigenvalue weighted by Crippen LogP contribution is 2.34. The Kier molecular flexibility index (Phi) is 5.07. The molecule has 18 heavy (non-hydrogen) atoms. The summed E-state index contributed by atoms with van der Waals surface area (Å²) in [6.45, 7) is 4.09.